The highest BCUT2D eigenvalue weighted by molar-refractivity contribution is 6.31. The van der Waals surface area contributed by atoms with Crippen LogP contribution in [0.3, 0.4) is 0 Å². The van der Waals surface area contributed by atoms with Crippen molar-refractivity contribution in [3.05, 3.63) is 70.5 Å². The number of halogens is 3. The van der Waals surface area contributed by atoms with E-state index in [1.54, 1.807) is 6.07 Å². The minimum Gasteiger partial charge on any atom is -0.205 e. The van der Waals surface area contributed by atoms with Gasteiger partial charge in [-0.2, -0.15) is 0 Å². The van der Waals surface area contributed by atoms with E-state index in [0.29, 0.717) is 12.3 Å². The van der Waals surface area contributed by atoms with Gasteiger partial charge in [-0.3, -0.25) is 0 Å². The Kier molecular flexibility index (Phi) is 5.24. The Bertz CT molecular complexity index is 526. The maximum absolute atomic E-state index is 13.4. The molecule has 2 aromatic rings. The van der Waals surface area contributed by atoms with Gasteiger partial charge in [0.2, 0.25) is 0 Å². The van der Waals surface area contributed by atoms with Crippen LogP contribution >= 0.6 is 23.2 Å². The molecule has 1 atom stereocenters. The molecule has 0 fully saturated rings. The molecule has 2 aromatic carbocycles. The van der Waals surface area contributed by atoms with E-state index in [9.17, 15) is 4.39 Å². The summed E-state index contributed by atoms with van der Waals surface area (Å²) < 4.78 is 13.4. The van der Waals surface area contributed by atoms with Gasteiger partial charge in [0.1, 0.15) is 5.82 Å². The Morgan fingerprint density at radius 2 is 1.68 bits per heavy atom. The second-order valence-corrected chi connectivity index (χ2v) is 5.31. The zero-order valence-electron chi connectivity index (χ0n) is 10.5. The number of hydrogen-bond acceptors (Lipinski definition) is 0. The monoisotopic (exact) mass is 296 g/mol. The van der Waals surface area contributed by atoms with Gasteiger partial charge in [-0.15, -0.1) is 11.6 Å². The summed E-state index contributed by atoms with van der Waals surface area (Å²) in [6.07, 6.45) is 1.56. The lowest BCUT2D eigenvalue weighted by molar-refractivity contribution is 0.577. The molecule has 0 N–H and O–H groups in total. The molecule has 0 heterocycles. The van der Waals surface area contributed by atoms with Crippen LogP contribution in [0.4, 0.5) is 4.39 Å². The molecule has 2 rings (SSSR count). The predicted octanol–water partition coefficient (Wildman–Crippen LogP) is 5.12. The molecule has 0 amide bonds. The minimum atomic E-state index is -0.368. The smallest absolute Gasteiger partial charge is 0.142 e. The maximum atomic E-state index is 13.4. The minimum absolute atomic E-state index is 0.214. The molecule has 0 spiro atoms. The molecule has 1 unspecified atom stereocenters. The first-order chi connectivity index (χ1) is 9.20. The Morgan fingerprint density at radius 3 is 2.37 bits per heavy atom. The fourth-order valence-electron chi connectivity index (χ4n) is 2.15. The van der Waals surface area contributed by atoms with E-state index < -0.39 is 0 Å². The van der Waals surface area contributed by atoms with Crippen molar-refractivity contribution in [1.29, 1.82) is 0 Å². The van der Waals surface area contributed by atoms with Gasteiger partial charge in [-0.25, -0.2) is 4.39 Å². The lowest BCUT2D eigenvalue weighted by atomic mass is 9.94. The van der Waals surface area contributed by atoms with E-state index in [1.807, 2.05) is 24.3 Å². The summed E-state index contributed by atoms with van der Waals surface area (Å²) in [6, 6.07) is 15.1. The van der Waals surface area contributed by atoms with E-state index in [1.165, 1.54) is 11.6 Å². The zero-order chi connectivity index (χ0) is 13.7. The Labute approximate surface area is 123 Å². The van der Waals surface area contributed by atoms with Crippen LogP contribution in [0, 0.1) is 11.7 Å². The summed E-state index contributed by atoms with van der Waals surface area (Å²) in [5.74, 6) is 0.414. The fraction of sp³-hybridized carbons (Fsp3) is 0.250. The summed E-state index contributed by atoms with van der Waals surface area (Å²) in [5, 5.41) is 0.214. The van der Waals surface area contributed by atoms with E-state index in [0.717, 1.165) is 12.0 Å². The molecule has 0 aliphatic carbocycles. The van der Waals surface area contributed by atoms with Gasteiger partial charge in [0.25, 0.3) is 0 Å². The van der Waals surface area contributed by atoms with Gasteiger partial charge < -0.3 is 0 Å². The Morgan fingerprint density at radius 1 is 0.947 bits per heavy atom. The van der Waals surface area contributed by atoms with Crippen LogP contribution < -0.4 is 0 Å². The maximum Gasteiger partial charge on any atom is 0.142 e. The van der Waals surface area contributed by atoms with Gasteiger partial charge in [-0.1, -0.05) is 54.1 Å². The lowest BCUT2D eigenvalue weighted by Crippen LogP contribution is -2.10. The van der Waals surface area contributed by atoms with Crippen LogP contribution in [0.25, 0.3) is 0 Å². The number of benzene rings is 2. The average molecular weight is 297 g/mol. The van der Waals surface area contributed by atoms with E-state index in [2.05, 4.69) is 12.1 Å². The van der Waals surface area contributed by atoms with Gasteiger partial charge in [-0.05, 0) is 36.0 Å². The zero-order valence-corrected chi connectivity index (χ0v) is 12.0. The van der Waals surface area contributed by atoms with Gasteiger partial charge >= 0.3 is 0 Å². The number of alkyl halides is 1. The molecule has 0 radical (unpaired) electrons. The van der Waals surface area contributed by atoms with Crippen LogP contribution in [0.1, 0.15) is 11.1 Å². The van der Waals surface area contributed by atoms with Crippen LogP contribution in [0.15, 0.2) is 48.5 Å². The van der Waals surface area contributed by atoms with E-state index in [4.69, 9.17) is 23.2 Å². The van der Waals surface area contributed by atoms with E-state index >= 15 is 0 Å². The molecular formula is C16H15Cl2F. The number of rotatable bonds is 5. The Balaban J connectivity index is 2.09. The molecule has 0 aliphatic rings. The molecule has 0 saturated carbocycles. The largest absolute Gasteiger partial charge is 0.205 e. The molecule has 19 heavy (non-hydrogen) atoms. The van der Waals surface area contributed by atoms with Crippen molar-refractivity contribution in [3.8, 4) is 0 Å². The summed E-state index contributed by atoms with van der Waals surface area (Å²) >= 11 is 12.0. The Hall–Kier alpha value is -1.05. The molecule has 0 saturated heterocycles. The van der Waals surface area contributed by atoms with Crippen molar-refractivity contribution >= 4 is 23.2 Å². The molecule has 100 valence electrons. The van der Waals surface area contributed by atoms with Gasteiger partial charge in [0.05, 0.1) is 5.02 Å². The summed E-state index contributed by atoms with van der Waals surface area (Å²) in [7, 11) is 0. The normalized spacial score (nSPS) is 12.4. The summed E-state index contributed by atoms with van der Waals surface area (Å²) in [6.45, 7) is 0. The highest BCUT2D eigenvalue weighted by Gasteiger charge is 2.13. The quantitative estimate of drug-likeness (QED) is 0.672. The molecule has 0 aliphatic heterocycles. The standard InChI is InChI=1S/C16H15Cl2F/c17-11-13(9-12-5-2-1-3-6-12)10-14-7-4-8-15(19)16(14)18/h1-8,13H,9-11H2. The van der Waals surface area contributed by atoms with E-state index in [-0.39, 0.29) is 16.8 Å². The first-order valence-electron chi connectivity index (χ1n) is 6.23. The molecule has 0 nitrogen and oxygen atoms in total. The number of hydrogen-bond donors (Lipinski definition) is 0. The third-order valence-electron chi connectivity index (χ3n) is 3.13. The first kappa shape index (κ1) is 14.4. The van der Waals surface area contributed by atoms with Gasteiger partial charge in [0, 0.05) is 5.88 Å². The topological polar surface area (TPSA) is 0 Å². The van der Waals surface area contributed by atoms with Crippen LogP contribution in [-0.4, -0.2) is 5.88 Å². The summed E-state index contributed by atoms with van der Waals surface area (Å²) in [5.41, 5.74) is 2.06. The highest BCUT2D eigenvalue weighted by Crippen LogP contribution is 2.24. The average Bonchev–Trinajstić information content (AvgIpc) is 2.44. The van der Waals surface area contributed by atoms with Crippen molar-refractivity contribution in [2.45, 2.75) is 12.8 Å². The third-order valence-corrected chi connectivity index (χ3v) is 3.99. The fourth-order valence-corrected chi connectivity index (χ4v) is 2.57. The van der Waals surface area contributed by atoms with Crippen molar-refractivity contribution in [2.24, 2.45) is 5.92 Å². The van der Waals surface area contributed by atoms with Crippen molar-refractivity contribution in [1.82, 2.24) is 0 Å². The predicted molar refractivity (Wildman–Crippen MR) is 79.5 cm³/mol. The van der Waals surface area contributed by atoms with Crippen molar-refractivity contribution < 1.29 is 4.39 Å². The SMILES string of the molecule is Fc1cccc(CC(CCl)Cc2ccccc2)c1Cl. The highest BCUT2D eigenvalue weighted by atomic mass is 35.5. The van der Waals surface area contributed by atoms with Crippen LogP contribution in [0.5, 0.6) is 0 Å². The molecular weight excluding hydrogens is 282 g/mol. The lowest BCUT2D eigenvalue weighted by Gasteiger charge is -2.15. The summed E-state index contributed by atoms with van der Waals surface area (Å²) in [4.78, 5) is 0. The van der Waals surface area contributed by atoms with Crippen molar-refractivity contribution in [2.75, 3.05) is 5.88 Å². The molecule has 0 bridgehead atoms. The second-order valence-electron chi connectivity index (χ2n) is 4.63. The van der Waals surface area contributed by atoms with Crippen molar-refractivity contribution in [3.63, 3.8) is 0 Å². The van der Waals surface area contributed by atoms with Gasteiger partial charge in [0.15, 0.2) is 0 Å². The van der Waals surface area contributed by atoms with Crippen LogP contribution in [0.2, 0.25) is 5.02 Å². The third kappa shape index (κ3) is 3.95. The second kappa shape index (κ2) is 6.93. The molecule has 3 heteroatoms. The van der Waals surface area contributed by atoms with Crippen LogP contribution in [-0.2, 0) is 12.8 Å². The molecule has 0 aromatic heterocycles. The first-order valence-corrected chi connectivity index (χ1v) is 7.14.